The number of carbonyl (C=O) groups excluding carboxylic acids is 1. The summed E-state index contributed by atoms with van der Waals surface area (Å²) in [6.07, 6.45) is 1.56. The Bertz CT molecular complexity index is 1230. The van der Waals surface area contributed by atoms with Crippen molar-refractivity contribution in [2.75, 3.05) is 52.1 Å². The van der Waals surface area contributed by atoms with Gasteiger partial charge in [0.05, 0.1) is 24.5 Å². The maximum absolute atomic E-state index is 15.3. The molecule has 2 aliphatic heterocycles. The number of amides is 1. The molecule has 0 bridgehead atoms. The molecular weight excluding hydrogens is 577 g/mol. The Labute approximate surface area is 256 Å². The zero-order valence-corrected chi connectivity index (χ0v) is 25.7. The van der Waals surface area contributed by atoms with Crippen LogP contribution in [0.15, 0.2) is 47.4 Å². The molecule has 1 aromatic rings. The van der Waals surface area contributed by atoms with Crippen LogP contribution in [0.25, 0.3) is 0 Å². The second-order valence-corrected chi connectivity index (χ2v) is 11.3. The number of aliphatic hydroxyl groups is 1. The molecule has 0 aromatic heterocycles. The molecule has 13 nitrogen and oxygen atoms in total. The smallest absolute Gasteiger partial charge is 0.356 e. The van der Waals surface area contributed by atoms with Crippen molar-refractivity contribution in [3.63, 3.8) is 0 Å². The normalized spacial score (nSPS) is 19.8. The summed E-state index contributed by atoms with van der Waals surface area (Å²) in [5.74, 6) is -4.42. The van der Waals surface area contributed by atoms with Gasteiger partial charge in [0, 0.05) is 52.4 Å². The lowest BCUT2D eigenvalue weighted by Gasteiger charge is -2.40. The van der Waals surface area contributed by atoms with Gasteiger partial charge in [-0.1, -0.05) is 26.0 Å². The lowest BCUT2D eigenvalue weighted by atomic mass is 9.89. The number of methoxy groups -OCH3 is 2. The number of carboxylic acids is 2. The zero-order valence-electron chi connectivity index (χ0n) is 25.7. The van der Waals surface area contributed by atoms with Crippen LogP contribution in [0, 0.1) is 17.7 Å². The molecule has 0 radical (unpaired) electrons. The number of hydrazine groups is 2. The number of nitrogens with one attached hydrogen (secondary N) is 2. The number of hydrogen-bond acceptors (Lipinski definition) is 10. The predicted octanol–water partition coefficient (Wildman–Crippen LogP) is 1.92. The van der Waals surface area contributed by atoms with Gasteiger partial charge in [-0.3, -0.25) is 10.2 Å². The summed E-state index contributed by atoms with van der Waals surface area (Å²) in [5, 5.41) is 35.6. The lowest BCUT2D eigenvalue weighted by molar-refractivity contribution is -0.137. The minimum absolute atomic E-state index is 0.00317. The second-order valence-electron chi connectivity index (χ2n) is 11.3. The Morgan fingerprint density at radius 3 is 2.48 bits per heavy atom. The van der Waals surface area contributed by atoms with E-state index in [9.17, 15) is 29.7 Å². The highest BCUT2D eigenvalue weighted by atomic mass is 19.1. The van der Waals surface area contributed by atoms with Crippen LogP contribution in [0.4, 0.5) is 10.1 Å². The van der Waals surface area contributed by atoms with E-state index >= 15 is 4.39 Å². The number of hydrogen-bond donors (Lipinski definition) is 5. The third-order valence-corrected chi connectivity index (χ3v) is 7.48. The van der Waals surface area contributed by atoms with Crippen LogP contribution < -0.4 is 15.8 Å². The van der Waals surface area contributed by atoms with E-state index in [-0.39, 0.29) is 48.0 Å². The van der Waals surface area contributed by atoms with Crippen molar-refractivity contribution < 1.29 is 43.6 Å². The molecule has 0 spiro atoms. The van der Waals surface area contributed by atoms with Crippen LogP contribution in [0.1, 0.15) is 39.5 Å². The lowest BCUT2D eigenvalue weighted by Crippen LogP contribution is -2.55. The summed E-state index contributed by atoms with van der Waals surface area (Å²) in [6.45, 7) is 5.87. The van der Waals surface area contributed by atoms with Crippen molar-refractivity contribution in [1.29, 1.82) is 0 Å². The fourth-order valence-corrected chi connectivity index (χ4v) is 5.49. The quantitative estimate of drug-likeness (QED) is 0.135. The molecule has 14 heteroatoms. The topological polar surface area (TPSA) is 164 Å². The monoisotopic (exact) mass is 621 g/mol. The van der Waals surface area contributed by atoms with E-state index < -0.39 is 35.5 Å². The Hall–Kier alpha value is -3.72. The number of anilines is 1. The first kappa shape index (κ1) is 34.8. The van der Waals surface area contributed by atoms with Gasteiger partial charge in [0.15, 0.2) is 5.70 Å². The number of para-hydroxylation sites is 1. The van der Waals surface area contributed by atoms with Crippen LogP contribution >= 0.6 is 0 Å². The highest BCUT2D eigenvalue weighted by Gasteiger charge is 2.42. The average molecular weight is 622 g/mol. The van der Waals surface area contributed by atoms with Crippen LogP contribution in [-0.2, 0) is 23.9 Å². The molecule has 0 saturated carbocycles. The summed E-state index contributed by atoms with van der Waals surface area (Å²) in [6, 6.07) is 5.32. The highest BCUT2D eigenvalue weighted by Crippen LogP contribution is 2.35. The summed E-state index contributed by atoms with van der Waals surface area (Å²) >= 11 is 0. The molecule has 1 aromatic carbocycles. The van der Waals surface area contributed by atoms with Gasteiger partial charge in [0.25, 0.3) is 5.91 Å². The van der Waals surface area contributed by atoms with Gasteiger partial charge in [-0.25, -0.2) is 19.0 Å². The number of ether oxygens (including phenoxy) is 2. The molecule has 1 saturated heterocycles. The van der Waals surface area contributed by atoms with Crippen molar-refractivity contribution in [2.45, 2.75) is 51.7 Å². The maximum Gasteiger partial charge on any atom is 0.356 e. The Morgan fingerprint density at radius 1 is 1.14 bits per heavy atom. The molecule has 5 N–H and O–H groups in total. The molecule has 1 unspecified atom stereocenters. The highest BCUT2D eigenvalue weighted by molar-refractivity contribution is 5.97. The van der Waals surface area contributed by atoms with E-state index in [1.807, 2.05) is 13.8 Å². The maximum atomic E-state index is 15.3. The van der Waals surface area contributed by atoms with E-state index in [1.165, 1.54) is 30.3 Å². The first-order valence-electron chi connectivity index (χ1n) is 14.7. The summed E-state index contributed by atoms with van der Waals surface area (Å²) in [5.41, 5.74) is 2.33. The minimum atomic E-state index is -1.60. The van der Waals surface area contributed by atoms with Crippen molar-refractivity contribution in [1.82, 2.24) is 20.8 Å². The van der Waals surface area contributed by atoms with Crippen LogP contribution in [0.3, 0.4) is 0 Å². The Kier molecular flexibility index (Phi) is 12.9. The van der Waals surface area contributed by atoms with Crippen LogP contribution in [-0.4, -0.2) is 102 Å². The van der Waals surface area contributed by atoms with Gasteiger partial charge in [-0.2, -0.15) is 5.12 Å². The van der Waals surface area contributed by atoms with E-state index in [0.717, 1.165) is 5.12 Å². The van der Waals surface area contributed by atoms with E-state index in [1.54, 1.807) is 18.1 Å². The third kappa shape index (κ3) is 8.68. The van der Waals surface area contributed by atoms with Crippen molar-refractivity contribution in [3.8, 4) is 0 Å². The largest absolute Gasteiger partial charge is 0.478 e. The minimum Gasteiger partial charge on any atom is -0.478 e. The first-order chi connectivity index (χ1) is 21.0. The van der Waals surface area contributed by atoms with Crippen molar-refractivity contribution >= 4 is 23.5 Å². The molecule has 3 rings (SSSR count). The summed E-state index contributed by atoms with van der Waals surface area (Å²) < 4.78 is 25.6. The Balaban J connectivity index is 2.15. The number of piperidine rings is 1. The first-order valence-corrected chi connectivity index (χ1v) is 14.7. The van der Waals surface area contributed by atoms with Gasteiger partial charge in [-0.05, 0) is 43.7 Å². The zero-order chi connectivity index (χ0) is 32.4. The fourth-order valence-electron chi connectivity index (χ4n) is 5.49. The molecule has 2 heterocycles. The van der Waals surface area contributed by atoms with Gasteiger partial charge in [-0.15, -0.1) is 0 Å². The van der Waals surface area contributed by atoms with E-state index in [2.05, 4.69) is 10.7 Å². The predicted molar refractivity (Wildman–Crippen MR) is 159 cm³/mol. The second kappa shape index (κ2) is 16.4. The fraction of sp³-hybridized carbons (Fsp3) is 0.567. The van der Waals surface area contributed by atoms with E-state index in [4.69, 9.17) is 9.47 Å². The summed E-state index contributed by atoms with van der Waals surface area (Å²) in [4.78, 5) is 40.2. The van der Waals surface area contributed by atoms with Gasteiger partial charge in [0.1, 0.15) is 17.2 Å². The number of benzene rings is 1. The number of rotatable bonds is 16. The van der Waals surface area contributed by atoms with Gasteiger partial charge >= 0.3 is 11.9 Å². The third-order valence-electron chi connectivity index (χ3n) is 7.48. The number of carboxylic acid groups (broad SMARTS) is 2. The van der Waals surface area contributed by atoms with Gasteiger partial charge < -0.3 is 35.0 Å². The molecule has 44 heavy (non-hydrogen) atoms. The Morgan fingerprint density at radius 2 is 1.86 bits per heavy atom. The summed E-state index contributed by atoms with van der Waals surface area (Å²) in [7, 11) is 3.07. The average Bonchev–Trinajstić information content (AvgIpc) is 3.35. The molecule has 0 aliphatic carbocycles. The van der Waals surface area contributed by atoms with Crippen LogP contribution in [0.2, 0.25) is 0 Å². The number of aliphatic hydroxyl groups excluding tert-OH is 1. The molecular formula is C30H44FN5O8. The number of aliphatic carboxylic acids is 2. The number of allylic oxidation sites excluding steroid dienone is 1. The standard InChI is InChI=1S/C30H44FN5O8/c1-19(2)17-34(21-13-20(15-32-16-21)26(37)18-44-4)29(40)28-24(11-7-8-12-43-3)35(23-10-6-5-9-22(23)31)36(33-28)25(30(41)42)14-27(38)39/h5-6,9-10,14,19-21,26,32-33,37H,7-8,11-13,15-18H2,1-4H3,(H,38,39)(H,41,42)/b25-14+/t20-,21+,26?/m1/s1. The molecule has 2 aliphatic rings. The number of halogens is 1. The number of carbonyl (C=O) groups is 3. The van der Waals surface area contributed by atoms with E-state index in [0.29, 0.717) is 51.6 Å². The molecule has 1 amide bonds. The van der Waals surface area contributed by atoms with Crippen molar-refractivity contribution in [3.05, 3.63) is 53.2 Å². The molecule has 244 valence electrons. The van der Waals surface area contributed by atoms with Crippen LogP contribution in [0.5, 0.6) is 0 Å². The SMILES string of the molecule is COCCCCC1=C(C(=O)N(CC(C)C)[C@@H]2CNC[C@H](C(O)COC)C2)NN(/C(=C/C(=O)O)C(=O)O)N1c1ccccc1F. The molecule has 1 fully saturated rings. The molecule has 3 atom stereocenters. The van der Waals surface area contributed by atoms with Gasteiger partial charge in [0.2, 0.25) is 0 Å². The number of nitrogens with zero attached hydrogens (tertiary/aromatic N) is 3. The number of unbranched alkanes of at least 4 members (excludes halogenated alkanes) is 1. The van der Waals surface area contributed by atoms with Crippen molar-refractivity contribution in [2.24, 2.45) is 11.8 Å².